The van der Waals surface area contributed by atoms with Crippen molar-refractivity contribution in [2.24, 2.45) is 0 Å². The summed E-state index contributed by atoms with van der Waals surface area (Å²) >= 11 is 0. The number of halogens is 2. The summed E-state index contributed by atoms with van der Waals surface area (Å²) in [6.45, 7) is 4.21. The molecule has 2 saturated heterocycles. The minimum absolute atomic E-state index is 0. The Kier molecular flexibility index (Phi) is 8.06. The lowest BCUT2D eigenvalue weighted by molar-refractivity contribution is -0.130. The smallest absolute Gasteiger partial charge is 0.237 e. The molecule has 7 nitrogen and oxygen atoms in total. The summed E-state index contributed by atoms with van der Waals surface area (Å²) in [7, 11) is -3.21. The Bertz CT molecular complexity index is 610. The molecule has 10 heteroatoms. The average molecular weight is 397 g/mol. The molecule has 2 aliphatic rings. The van der Waals surface area contributed by atoms with E-state index >= 15 is 0 Å². The summed E-state index contributed by atoms with van der Waals surface area (Å²) in [6, 6.07) is 1.23. The van der Waals surface area contributed by atoms with Crippen LogP contribution in [0.5, 0.6) is 0 Å². The Morgan fingerprint density at radius 2 is 2.12 bits per heavy atom. The largest absolute Gasteiger partial charge is 0.323 e. The summed E-state index contributed by atoms with van der Waals surface area (Å²) in [5, 5.41) is 11.0. The van der Waals surface area contributed by atoms with Crippen LogP contribution >= 0.6 is 12.4 Å². The molecule has 144 valence electrons. The quantitative estimate of drug-likeness (QED) is 0.709. The number of amides is 1. The lowest BCUT2D eigenvalue weighted by atomic mass is 10.2. The van der Waals surface area contributed by atoms with Crippen LogP contribution in [0.3, 0.4) is 0 Å². The number of hydrogen-bond donors (Lipinski definition) is 1. The number of nitrogens with zero attached hydrogens (tertiary/aromatic N) is 3. The highest BCUT2D eigenvalue weighted by Gasteiger charge is 2.38. The monoisotopic (exact) mass is 396 g/mol. The van der Waals surface area contributed by atoms with E-state index in [1.807, 2.05) is 11.0 Å². The molecule has 2 aliphatic heterocycles. The minimum atomic E-state index is -3.21. The third-order valence-electron chi connectivity index (χ3n) is 4.65. The number of sulfone groups is 1. The minimum Gasteiger partial charge on any atom is -0.323 e. The van der Waals surface area contributed by atoms with Gasteiger partial charge in [-0.1, -0.05) is 0 Å². The summed E-state index contributed by atoms with van der Waals surface area (Å²) in [6.07, 6.45) is 0.307. The molecule has 0 radical (unpaired) electrons. The van der Waals surface area contributed by atoms with Crippen LogP contribution in [0.15, 0.2) is 0 Å². The van der Waals surface area contributed by atoms with E-state index in [2.05, 4.69) is 5.32 Å². The molecule has 0 bridgehead atoms. The standard InChI is InChI=1S/C15H25FN4O3S.ClH/c1-11(2)24(22,23)15-4-3-5-19(15)10-18-8-14(21)20-9-12(16)6-13(20)7-17;/h11-13,15,18H,3-6,8-10H2,1-2H3;1H/t12-,13-,15-;/m0./s1. The highest BCUT2D eigenvalue weighted by Crippen LogP contribution is 2.24. The number of carbonyl (C=O) groups is 1. The third-order valence-corrected chi connectivity index (χ3v) is 7.26. The summed E-state index contributed by atoms with van der Waals surface area (Å²) in [5.41, 5.74) is 0. The van der Waals surface area contributed by atoms with Gasteiger partial charge < -0.3 is 4.90 Å². The van der Waals surface area contributed by atoms with Crippen molar-refractivity contribution in [1.29, 1.82) is 5.26 Å². The first-order valence-electron chi connectivity index (χ1n) is 8.28. The van der Waals surface area contributed by atoms with Gasteiger partial charge in [0.25, 0.3) is 0 Å². The van der Waals surface area contributed by atoms with Crippen LogP contribution in [0.25, 0.3) is 0 Å². The van der Waals surface area contributed by atoms with Crippen molar-refractivity contribution in [3.8, 4) is 6.07 Å². The van der Waals surface area contributed by atoms with Crippen molar-refractivity contribution in [3.05, 3.63) is 0 Å². The van der Waals surface area contributed by atoms with Crippen LogP contribution in [-0.4, -0.2) is 73.3 Å². The van der Waals surface area contributed by atoms with Crippen LogP contribution in [0.1, 0.15) is 33.1 Å². The van der Waals surface area contributed by atoms with Crippen molar-refractivity contribution >= 4 is 28.2 Å². The zero-order valence-electron chi connectivity index (χ0n) is 14.5. The molecule has 0 aromatic carbocycles. The first kappa shape index (κ1) is 22.1. The molecule has 0 aromatic heterocycles. The van der Waals surface area contributed by atoms with Gasteiger partial charge in [-0.15, -0.1) is 12.4 Å². The zero-order valence-corrected chi connectivity index (χ0v) is 16.2. The molecule has 25 heavy (non-hydrogen) atoms. The predicted molar refractivity (Wildman–Crippen MR) is 94.5 cm³/mol. The van der Waals surface area contributed by atoms with Crippen LogP contribution in [0.2, 0.25) is 0 Å². The Morgan fingerprint density at radius 3 is 2.72 bits per heavy atom. The highest BCUT2D eigenvalue weighted by molar-refractivity contribution is 7.92. The number of carbonyl (C=O) groups excluding carboxylic acids is 1. The number of nitriles is 1. The van der Waals surface area contributed by atoms with E-state index in [-0.39, 0.29) is 44.5 Å². The summed E-state index contributed by atoms with van der Waals surface area (Å²) in [4.78, 5) is 15.2. The lowest BCUT2D eigenvalue weighted by Gasteiger charge is -2.26. The van der Waals surface area contributed by atoms with Gasteiger partial charge in [-0.2, -0.15) is 5.26 Å². The highest BCUT2D eigenvalue weighted by atomic mass is 35.5. The fourth-order valence-corrected chi connectivity index (χ4v) is 4.97. The maximum Gasteiger partial charge on any atom is 0.237 e. The van der Waals surface area contributed by atoms with Gasteiger partial charge in [-0.3, -0.25) is 15.0 Å². The molecule has 1 N–H and O–H groups in total. The Balaban J connectivity index is 0.00000312. The predicted octanol–water partition coefficient (Wildman–Crippen LogP) is 0.663. The van der Waals surface area contributed by atoms with Gasteiger partial charge in [0.15, 0.2) is 9.84 Å². The van der Waals surface area contributed by atoms with E-state index in [1.165, 1.54) is 4.90 Å². The van der Waals surface area contributed by atoms with Crippen LogP contribution in [0, 0.1) is 11.3 Å². The molecule has 2 fully saturated rings. The van der Waals surface area contributed by atoms with E-state index < -0.39 is 32.7 Å². The molecule has 0 aliphatic carbocycles. The SMILES string of the molecule is CC(C)S(=O)(=O)[C@H]1CCCN1CNCC(=O)N1C[C@@H](F)C[C@H]1C#N.Cl. The Labute approximate surface area is 154 Å². The maximum atomic E-state index is 13.4. The fourth-order valence-electron chi connectivity index (χ4n) is 3.25. The lowest BCUT2D eigenvalue weighted by Crippen LogP contribution is -2.47. The van der Waals surface area contributed by atoms with E-state index in [0.717, 1.165) is 6.42 Å². The molecule has 2 heterocycles. The van der Waals surface area contributed by atoms with Gasteiger partial charge in [-0.05, 0) is 26.7 Å². The zero-order chi connectivity index (χ0) is 17.9. The third kappa shape index (κ3) is 5.03. The molecule has 3 atom stereocenters. The second-order valence-corrected chi connectivity index (χ2v) is 9.32. The van der Waals surface area contributed by atoms with Crippen LogP contribution in [0.4, 0.5) is 4.39 Å². The summed E-state index contributed by atoms with van der Waals surface area (Å²) < 4.78 is 38.0. The van der Waals surface area contributed by atoms with Gasteiger partial charge in [0, 0.05) is 19.6 Å². The summed E-state index contributed by atoms with van der Waals surface area (Å²) in [5.74, 6) is -0.329. The molecule has 0 saturated carbocycles. The first-order chi connectivity index (χ1) is 11.3. The van der Waals surface area contributed by atoms with Gasteiger partial charge in [0.2, 0.25) is 5.91 Å². The molecule has 2 rings (SSSR count). The van der Waals surface area contributed by atoms with E-state index in [4.69, 9.17) is 5.26 Å². The van der Waals surface area contributed by atoms with Crippen molar-refractivity contribution in [2.45, 2.75) is 55.9 Å². The van der Waals surface area contributed by atoms with Crippen LogP contribution in [-0.2, 0) is 14.6 Å². The van der Waals surface area contributed by atoms with Gasteiger partial charge in [0.05, 0.1) is 24.4 Å². The van der Waals surface area contributed by atoms with E-state index in [1.54, 1.807) is 13.8 Å². The van der Waals surface area contributed by atoms with Crippen molar-refractivity contribution in [2.75, 3.05) is 26.3 Å². The van der Waals surface area contributed by atoms with Crippen molar-refractivity contribution < 1.29 is 17.6 Å². The molecule has 0 unspecified atom stereocenters. The molecular weight excluding hydrogens is 371 g/mol. The molecule has 1 amide bonds. The normalized spacial score (nSPS) is 27.3. The topological polar surface area (TPSA) is 93.5 Å². The van der Waals surface area contributed by atoms with Crippen molar-refractivity contribution in [3.63, 3.8) is 0 Å². The molecule has 0 spiro atoms. The fraction of sp³-hybridized carbons (Fsp3) is 0.867. The number of rotatable bonds is 6. The number of hydrogen-bond acceptors (Lipinski definition) is 6. The van der Waals surface area contributed by atoms with Crippen molar-refractivity contribution in [1.82, 2.24) is 15.1 Å². The van der Waals surface area contributed by atoms with Crippen LogP contribution < -0.4 is 5.32 Å². The maximum absolute atomic E-state index is 13.4. The second kappa shape index (κ2) is 9.12. The van der Waals surface area contributed by atoms with Gasteiger partial charge >= 0.3 is 0 Å². The van der Waals surface area contributed by atoms with E-state index in [0.29, 0.717) is 13.0 Å². The average Bonchev–Trinajstić information content (AvgIpc) is 3.13. The van der Waals surface area contributed by atoms with Gasteiger partial charge in [0.1, 0.15) is 17.6 Å². The number of likely N-dealkylation sites (tertiary alicyclic amines) is 2. The number of nitrogens with one attached hydrogen (secondary N) is 1. The molecular formula is C15H26ClFN4O3S. The molecule has 0 aromatic rings. The number of alkyl halides is 1. The second-order valence-electron chi connectivity index (χ2n) is 6.66. The Hall–Kier alpha value is -0.950. The Morgan fingerprint density at radius 1 is 1.44 bits per heavy atom. The first-order valence-corrected chi connectivity index (χ1v) is 9.89. The van der Waals surface area contributed by atoms with Gasteiger partial charge in [-0.25, -0.2) is 12.8 Å². The van der Waals surface area contributed by atoms with E-state index in [9.17, 15) is 17.6 Å².